The van der Waals surface area contributed by atoms with Gasteiger partial charge < -0.3 is 14.8 Å². The Labute approximate surface area is 123 Å². The molecule has 6 heteroatoms. The molecule has 1 aromatic carbocycles. The largest absolute Gasteiger partial charge is 0.454 e. The molecule has 0 saturated heterocycles. The lowest BCUT2D eigenvalue weighted by Crippen LogP contribution is -2.32. The van der Waals surface area contributed by atoms with Gasteiger partial charge in [-0.3, -0.25) is 4.68 Å². The Morgan fingerprint density at radius 2 is 2.19 bits per heavy atom. The van der Waals surface area contributed by atoms with Gasteiger partial charge in [-0.2, -0.15) is 5.10 Å². The van der Waals surface area contributed by atoms with Crippen molar-refractivity contribution in [2.24, 2.45) is 0 Å². The second-order valence-electron chi connectivity index (χ2n) is 5.36. The van der Waals surface area contributed by atoms with Gasteiger partial charge in [-0.05, 0) is 43.1 Å². The van der Waals surface area contributed by atoms with Crippen molar-refractivity contribution in [3.8, 4) is 11.5 Å². The van der Waals surface area contributed by atoms with Crippen LogP contribution in [0.4, 0.5) is 0 Å². The molecule has 0 saturated carbocycles. The number of ether oxygens (including phenoxy) is 2. The fraction of sp³-hybridized carbons (Fsp3) is 0.467. The van der Waals surface area contributed by atoms with Gasteiger partial charge in [0, 0.05) is 19.0 Å². The summed E-state index contributed by atoms with van der Waals surface area (Å²) in [7, 11) is 0. The first-order chi connectivity index (χ1) is 10.3. The van der Waals surface area contributed by atoms with Crippen LogP contribution in [0.1, 0.15) is 29.9 Å². The van der Waals surface area contributed by atoms with Gasteiger partial charge in [0.05, 0.1) is 0 Å². The minimum Gasteiger partial charge on any atom is -0.454 e. The Kier molecular flexibility index (Phi) is 3.03. The van der Waals surface area contributed by atoms with Gasteiger partial charge in [-0.25, -0.2) is 4.98 Å². The summed E-state index contributed by atoms with van der Waals surface area (Å²) in [5.74, 6) is 2.73. The number of nitrogens with zero attached hydrogens (tertiary/aromatic N) is 3. The predicted molar refractivity (Wildman–Crippen MR) is 76.4 cm³/mol. The molecule has 2 aliphatic heterocycles. The maximum atomic E-state index is 5.51. The lowest BCUT2D eigenvalue weighted by molar-refractivity contribution is 0.174. The molecule has 3 heterocycles. The minimum atomic E-state index is 0.248. The van der Waals surface area contributed by atoms with Crippen molar-refractivity contribution in [1.82, 2.24) is 20.1 Å². The maximum absolute atomic E-state index is 5.51. The van der Waals surface area contributed by atoms with E-state index in [1.54, 1.807) is 6.33 Å². The Morgan fingerprint density at radius 1 is 1.33 bits per heavy atom. The maximum Gasteiger partial charge on any atom is 0.231 e. The van der Waals surface area contributed by atoms with Crippen LogP contribution < -0.4 is 14.8 Å². The van der Waals surface area contributed by atoms with Gasteiger partial charge in [0.25, 0.3) is 0 Å². The summed E-state index contributed by atoms with van der Waals surface area (Å²) in [6, 6.07) is 4.48. The summed E-state index contributed by atoms with van der Waals surface area (Å²) in [6.45, 7) is 4.21. The fourth-order valence-corrected chi connectivity index (χ4v) is 3.11. The number of hydrogen-bond acceptors (Lipinski definition) is 5. The Bertz CT molecular complexity index is 668. The van der Waals surface area contributed by atoms with E-state index in [0.717, 1.165) is 43.3 Å². The molecule has 1 unspecified atom stereocenters. The van der Waals surface area contributed by atoms with Gasteiger partial charge >= 0.3 is 0 Å². The third-order valence-electron chi connectivity index (χ3n) is 4.18. The van der Waals surface area contributed by atoms with Crippen LogP contribution in [0.2, 0.25) is 0 Å². The molecule has 1 N–H and O–H groups in total. The number of aromatic nitrogens is 3. The molecular formula is C15H18N4O2. The first kappa shape index (κ1) is 12.6. The van der Waals surface area contributed by atoms with Gasteiger partial charge in [-0.1, -0.05) is 0 Å². The van der Waals surface area contributed by atoms with E-state index in [0.29, 0.717) is 6.79 Å². The number of rotatable bonds is 3. The summed E-state index contributed by atoms with van der Waals surface area (Å²) in [6.07, 6.45) is 3.48. The average molecular weight is 286 g/mol. The number of aryl methyl sites for hydroxylation is 1. The zero-order chi connectivity index (χ0) is 14.2. The zero-order valence-corrected chi connectivity index (χ0v) is 12.0. The van der Waals surface area contributed by atoms with Crippen molar-refractivity contribution in [3.05, 3.63) is 35.4 Å². The van der Waals surface area contributed by atoms with Crippen LogP contribution in [0.5, 0.6) is 11.5 Å². The van der Waals surface area contributed by atoms with Gasteiger partial charge in [0.15, 0.2) is 11.5 Å². The van der Waals surface area contributed by atoms with Crippen LogP contribution in [-0.2, 0) is 19.4 Å². The summed E-state index contributed by atoms with van der Waals surface area (Å²) in [5, 5.41) is 7.83. The molecule has 4 rings (SSSR count). The first-order valence-corrected chi connectivity index (χ1v) is 7.37. The summed E-state index contributed by atoms with van der Waals surface area (Å²) >= 11 is 0. The molecule has 1 atom stereocenters. The van der Waals surface area contributed by atoms with Crippen molar-refractivity contribution in [1.29, 1.82) is 0 Å². The van der Waals surface area contributed by atoms with E-state index in [2.05, 4.69) is 34.5 Å². The van der Waals surface area contributed by atoms with E-state index in [1.807, 2.05) is 4.68 Å². The highest BCUT2D eigenvalue weighted by molar-refractivity contribution is 5.50. The molecular weight excluding hydrogens is 268 g/mol. The van der Waals surface area contributed by atoms with Crippen molar-refractivity contribution < 1.29 is 9.47 Å². The molecule has 2 aromatic rings. The third kappa shape index (κ3) is 2.15. The standard InChI is InChI=1S/C15H18N4O2/c1-2-19-15(17-8-18-19)7-12-11-6-14-13(20-9-21-14)5-10(11)3-4-16-12/h5-6,8,12,16H,2-4,7,9H2,1H3. The van der Waals surface area contributed by atoms with Crippen LogP contribution in [0.3, 0.4) is 0 Å². The Hall–Kier alpha value is -2.08. The van der Waals surface area contributed by atoms with Crippen LogP contribution in [0.25, 0.3) is 0 Å². The van der Waals surface area contributed by atoms with E-state index in [1.165, 1.54) is 11.1 Å². The van der Waals surface area contributed by atoms with Crippen molar-refractivity contribution in [2.75, 3.05) is 13.3 Å². The quantitative estimate of drug-likeness (QED) is 0.925. The highest BCUT2D eigenvalue weighted by Crippen LogP contribution is 2.38. The summed E-state index contributed by atoms with van der Waals surface area (Å²) < 4.78 is 12.9. The summed E-state index contributed by atoms with van der Waals surface area (Å²) in [4.78, 5) is 4.38. The van der Waals surface area contributed by atoms with Crippen LogP contribution in [-0.4, -0.2) is 28.1 Å². The van der Waals surface area contributed by atoms with Crippen LogP contribution in [0.15, 0.2) is 18.5 Å². The molecule has 0 spiro atoms. The first-order valence-electron chi connectivity index (χ1n) is 7.37. The van der Waals surface area contributed by atoms with E-state index in [-0.39, 0.29) is 6.04 Å². The van der Waals surface area contributed by atoms with E-state index in [4.69, 9.17) is 9.47 Å². The van der Waals surface area contributed by atoms with E-state index >= 15 is 0 Å². The molecule has 21 heavy (non-hydrogen) atoms. The average Bonchev–Trinajstić information content (AvgIpc) is 3.13. The van der Waals surface area contributed by atoms with Crippen molar-refractivity contribution in [3.63, 3.8) is 0 Å². The smallest absolute Gasteiger partial charge is 0.231 e. The third-order valence-corrected chi connectivity index (χ3v) is 4.18. The number of hydrogen-bond donors (Lipinski definition) is 1. The molecule has 2 aliphatic rings. The highest BCUT2D eigenvalue weighted by atomic mass is 16.7. The highest BCUT2D eigenvalue weighted by Gasteiger charge is 2.26. The second-order valence-corrected chi connectivity index (χ2v) is 5.36. The molecule has 0 fully saturated rings. The van der Waals surface area contributed by atoms with Gasteiger partial charge in [-0.15, -0.1) is 0 Å². The molecule has 0 radical (unpaired) electrons. The van der Waals surface area contributed by atoms with Gasteiger partial charge in [0.2, 0.25) is 6.79 Å². The lowest BCUT2D eigenvalue weighted by atomic mass is 9.91. The normalized spacial score (nSPS) is 19.6. The number of benzene rings is 1. The summed E-state index contributed by atoms with van der Waals surface area (Å²) in [5.41, 5.74) is 2.63. The lowest BCUT2D eigenvalue weighted by Gasteiger charge is -2.27. The minimum absolute atomic E-state index is 0.248. The Balaban J connectivity index is 1.67. The van der Waals surface area contributed by atoms with Gasteiger partial charge in [0.1, 0.15) is 12.2 Å². The van der Waals surface area contributed by atoms with E-state index in [9.17, 15) is 0 Å². The van der Waals surface area contributed by atoms with Crippen LogP contribution in [0, 0.1) is 0 Å². The Morgan fingerprint density at radius 3 is 3.05 bits per heavy atom. The monoisotopic (exact) mass is 286 g/mol. The zero-order valence-electron chi connectivity index (χ0n) is 12.0. The second kappa shape index (κ2) is 5.04. The molecule has 110 valence electrons. The molecule has 1 aromatic heterocycles. The van der Waals surface area contributed by atoms with Crippen molar-refractivity contribution >= 4 is 0 Å². The van der Waals surface area contributed by atoms with Crippen LogP contribution >= 0.6 is 0 Å². The molecule has 6 nitrogen and oxygen atoms in total. The molecule has 0 amide bonds. The number of nitrogens with one attached hydrogen (secondary N) is 1. The fourth-order valence-electron chi connectivity index (χ4n) is 3.11. The molecule has 0 aliphatic carbocycles. The topological polar surface area (TPSA) is 61.2 Å². The van der Waals surface area contributed by atoms with Crippen molar-refractivity contribution in [2.45, 2.75) is 32.4 Å². The SMILES string of the molecule is CCn1ncnc1CC1NCCc2cc3c(cc21)OCO3. The molecule has 0 bridgehead atoms. The number of fused-ring (bicyclic) bond motifs is 2. The van der Waals surface area contributed by atoms with E-state index < -0.39 is 0 Å². The predicted octanol–water partition coefficient (Wildman–Crippen LogP) is 1.46.